The predicted octanol–water partition coefficient (Wildman–Crippen LogP) is 17.7. The zero-order chi connectivity index (χ0) is 47.9. The van der Waals surface area contributed by atoms with Gasteiger partial charge in [-0.3, -0.25) is 14.4 Å². The lowest BCUT2D eigenvalue weighted by Gasteiger charge is -2.18. The molecule has 1 unspecified atom stereocenters. The molecule has 0 fully saturated rings. The molecule has 0 saturated heterocycles. The third-order valence-electron chi connectivity index (χ3n) is 10.9. The molecule has 0 radical (unpaired) electrons. The van der Waals surface area contributed by atoms with Crippen molar-refractivity contribution < 1.29 is 28.6 Å². The van der Waals surface area contributed by atoms with Crippen molar-refractivity contribution in [3.8, 4) is 0 Å². The van der Waals surface area contributed by atoms with E-state index in [0.717, 1.165) is 70.6 Å². The van der Waals surface area contributed by atoms with Gasteiger partial charge >= 0.3 is 17.9 Å². The van der Waals surface area contributed by atoms with E-state index >= 15 is 0 Å². The molecule has 0 heterocycles. The van der Waals surface area contributed by atoms with Crippen molar-refractivity contribution in [2.75, 3.05) is 13.2 Å². The van der Waals surface area contributed by atoms with Gasteiger partial charge in [-0.05, 0) is 70.6 Å². The Bertz CT molecular complexity index is 1420. The molecule has 0 aliphatic rings. The smallest absolute Gasteiger partial charge is 0.306 e. The molecular weight excluding hydrogens is 817 g/mol. The monoisotopic (exact) mass is 913 g/mol. The van der Waals surface area contributed by atoms with Gasteiger partial charge < -0.3 is 14.2 Å². The minimum atomic E-state index is -0.825. The van der Waals surface area contributed by atoms with E-state index in [1.54, 1.807) is 0 Å². The summed E-state index contributed by atoms with van der Waals surface area (Å²) in [6.07, 6.45) is 73.2. The molecule has 0 bridgehead atoms. The Morgan fingerprint density at radius 1 is 0.333 bits per heavy atom. The summed E-state index contributed by atoms with van der Waals surface area (Å²) in [5.41, 5.74) is 0. The number of carbonyl (C=O) groups is 3. The number of unbranched alkanes of at least 4 members (excludes halogenated alkanes) is 21. The van der Waals surface area contributed by atoms with Gasteiger partial charge in [0.15, 0.2) is 6.10 Å². The molecule has 0 aromatic rings. The highest BCUT2D eigenvalue weighted by Gasteiger charge is 2.19. The highest BCUT2D eigenvalue weighted by Crippen LogP contribution is 2.14. The molecule has 0 saturated carbocycles. The van der Waals surface area contributed by atoms with E-state index in [4.69, 9.17) is 14.2 Å². The number of hydrogen-bond donors (Lipinski definition) is 0. The number of allylic oxidation sites excluding steroid dienone is 20. The average molecular weight is 913 g/mol. The van der Waals surface area contributed by atoms with E-state index in [0.29, 0.717) is 19.3 Å². The highest BCUT2D eigenvalue weighted by molar-refractivity contribution is 5.71. The van der Waals surface area contributed by atoms with Crippen molar-refractivity contribution in [1.82, 2.24) is 0 Å². The SMILES string of the molecule is CC\C=C/C=C\C=C/C=C\C=C\C=C/C=C\CCCCCC(=O)OCC(COC(=O)CCCCCCCCCCCCCC)OC(=O)CCC/C=C\C/C=C\C/C=C\CCCCCCCC. The second-order valence-corrected chi connectivity index (χ2v) is 17.2. The van der Waals surface area contributed by atoms with Crippen LogP contribution in [0, 0.1) is 0 Å². The summed E-state index contributed by atoms with van der Waals surface area (Å²) < 4.78 is 16.7. The van der Waals surface area contributed by atoms with Crippen LogP contribution in [0.3, 0.4) is 0 Å². The molecule has 372 valence electrons. The van der Waals surface area contributed by atoms with E-state index in [2.05, 4.69) is 69.4 Å². The van der Waals surface area contributed by atoms with Crippen molar-refractivity contribution in [1.29, 1.82) is 0 Å². The maximum atomic E-state index is 12.8. The first-order valence-electron chi connectivity index (χ1n) is 26.6. The summed E-state index contributed by atoms with van der Waals surface area (Å²) in [6.45, 7) is 6.39. The molecular formula is C60H96O6. The Balaban J connectivity index is 4.58. The van der Waals surface area contributed by atoms with Crippen LogP contribution in [0.15, 0.2) is 122 Å². The predicted molar refractivity (Wildman–Crippen MR) is 283 cm³/mol. The fraction of sp³-hybridized carbons (Fsp3) is 0.617. The Morgan fingerprint density at radius 2 is 0.667 bits per heavy atom. The topological polar surface area (TPSA) is 78.9 Å². The molecule has 6 heteroatoms. The van der Waals surface area contributed by atoms with Gasteiger partial charge in [-0.1, -0.05) is 251 Å². The maximum Gasteiger partial charge on any atom is 0.306 e. The maximum absolute atomic E-state index is 12.8. The first-order valence-corrected chi connectivity index (χ1v) is 26.6. The highest BCUT2D eigenvalue weighted by atomic mass is 16.6. The van der Waals surface area contributed by atoms with Crippen LogP contribution >= 0.6 is 0 Å². The number of esters is 3. The van der Waals surface area contributed by atoms with Gasteiger partial charge in [0, 0.05) is 19.3 Å². The van der Waals surface area contributed by atoms with E-state index < -0.39 is 6.10 Å². The van der Waals surface area contributed by atoms with Gasteiger partial charge in [0.05, 0.1) is 0 Å². The zero-order valence-electron chi connectivity index (χ0n) is 42.4. The quantitative estimate of drug-likeness (QED) is 0.0199. The fourth-order valence-corrected chi connectivity index (χ4v) is 6.91. The van der Waals surface area contributed by atoms with Crippen molar-refractivity contribution in [2.45, 2.75) is 226 Å². The number of ether oxygens (including phenoxy) is 3. The molecule has 66 heavy (non-hydrogen) atoms. The van der Waals surface area contributed by atoms with Crippen LogP contribution in [-0.4, -0.2) is 37.2 Å². The summed E-state index contributed by atoms with van der Waals surface area (Å²) in [5.74, 6) is -1.02. The first-order chi connectivity index (χ1) is 32.5. The average Bonchev–Trinajstić information content (AvgIpc) is 3.31. The van der Waals surface area contributed by atoms with Gasteiger partial charge in [0.2, 0.25) is 0 Å². The Morgan fingerprint density at radius 3 is 1.12 bits per heavy atom. The van der Waals surface area contributed by atoms with Gasteiger partial charge in [0.25, 0.3) is 0 Å². The van der Waals surface area contributed by atoms with Crippen molar-refractivity contribution in [2.24, 2.45) is 0 Å². The standard InChI is InChI=1S/C60H96O6/c1-4-7-10-13-16-19-22-25-27-29-30-32-33-35-38-41-44-47-50-53-59(62)65-56-57(55-64-58(61)52-49-46-43-40-37-24-21-18-15-12-9-6-3)66-60(63)54-51-48-45-42-39-36-34-31-28-26-23-20-17-14-11-8-5-2/h7,10,13,16,19,22,25-30,32-36,38,42,45,57H,4-6,8-9,11-12,14-15,17-18,20-21,23-24,31,37,39-41,43-44,46-56H2,1-3H3/b10-7-,16-13-,22-19-,27-25-,28-26-,30-29+,33-32-,36-34-,38-35-,45-42-. The summed E-state index contributed by atoms with van der Waals surface area (Å²) >= 11 is 0. The summed E-state index contributed by atoms with van der Waals surface area (Å²) in [7, 11) is 0. The van der Waals surface area contributed by atoms with Gasteiger partial charge in [-0.2, -0.15) is 0 Å². The normalized spacial score (nSPS) is 13.1. The third kappa shape index (κ3) is 50.8. The van der Waals surface area contributed by atoms with Crippen LogP contribution in [0.25, 0.3) is 0 Å². The summed E-state index contributed by atoms with van der Waals surface area (Å²) in [6, 6.07) is 0. The largest absolute Gasteiger partial charge is 0.462 e. The van der Waals surface area contributed by atoms with Gasteiger partial charge in [-0.15, -0.1) is 0 Å². The Kier molecular flexibility index (Phi) is 50.0. The molecule has 0 aromatic heterocycles. The Hall–Kier alpha value is -4.19. The summed E-state index contributed by atoms with van der Waals surface area (Å²) in [4.78, 5) is 38.0. The van der Waals surface area contributed by atoms with Gasteiger partial charge in [-0.25, -0.2) is 0 Å². The molecule has 0 aliphatic carbocycles. The minimum absolute atomic E-state index is 0.115. The first kappa shape index (κ1) is 61.8. The van der Waals surface area contributed by atoms with Crippen LogP contribution in [0.2, 0.25) is 0 Å². The lowest BCUT2D eigenvalue weighted by Crippen LogP contribution is -2.30. The van der Waals surface area contributed by atoms with Crippen molar-refractivity contribution in [3.05, 3.63) is 122 Å². The lowest BCUT2D eigenvalue weighted by atomic mass is 10.0. The Labute approximate surface area is 405 Å². The van der Waals surface area contributed by atoms with Crippen LogP contribution < -0.4 is 0 Å². The molecule has 0 aromatic carbocycles. The van der Waals surface area contributed by atoms with Crippen LogP contribution in [0.1, 0.15) is 220 Å². The van der Waals surface area contributed by atoms with Crippen LogP contribution in [-0.2, 0) is 28.6 Å². The van der Waals surface area contributed by atoms with Crippen LogP contribution in [0.4, 0.5) is 0 Å². The number of rotatable bonds is 46. The van der Waals surface area contributed by atoms with E-state index in [-0.39, 0.29) is 37.5 Å². The van der Waals surface area contributed by atoms with E-state index in [1.165, 1.54) is 103 Å². The zero-order valence-corrected chi connectivity index (χ0v) is 42.4. The number of carbonyl (C=O) groups excluding carboxylic acids is 3. The molecule has 1 atom stereocenters. The second-order valence-electron chi connectivity index (χ2n) is 17.2. The molecule has 0 rings (SSSR count). The second kappa shape index (κ2) is 53.4. The van der Waals surface area contributed by atoms with Gasteiger partial charge in [0.1, 0.15) is 13.2 Å². The number of hydrogen-bond acceptors (Lipinski definition) is 6. The van der Waals surface area contributed by atoms with Crippen LogP contribution in [0.5, 0.6) is 0 Å². The summed E-state index contributed by atoms with van der Waals surface area (Å²) in [5, 5.41) is 0. The third-order valence-corrected chi connectivity index (χ3v) is 10.9. The molecule has 0 spiro atoms. The molecule has 0 aliphatic heterocycles. The molecule has 0 N–H and O–H groups in total. The lowest BCUT2D eigenvalue weighted by molar-refractivity contribution is -0.167. The molecule has 6 nitrogen and oxygen atoms in total. The minimum Gasteiger partial charge on any atom is -0.462 e. The van der Waals surface area contributed by atoms with Crippen molar-refractivity contribution >= 4 is 17.9 Å². The van der Waals surface area contributed by atoms with E-state index in [1.807, 2.05) is 72.9 Å². The fourth-order valence-electron chi connectivity index (χ4n) is 6.91. The van der Waals surface area contributed by atoms with Crippen molar-refractivity contribution in [3.63, 3.8) is 0 Å². The van der Waals surface area contributed by atoms with E-state index in [9.17, 15) is 14.4 Å². The molecule has 0 amide bonds.